The van der Waals surface area contributed by atoms with Crippen LogP contribution in [0.5, 0.6) is 33.8 Å². The summed E-state index contributed by atoms with van der Waals surface area (Å²) in [5.74, 6) is 0.860. The van der Waals surface area contributed by atoms with Crippen LogP contribution in [0.15, 0.2) is 47.8 Å². The van der Waals surface area contributed by atoms with E-state index in [-0.39, 0.29) is 11.5 Å². The van der Waals surface area contributed by atoms with E-state index in [0.29, 0.717) is 22.3 Å². The van der Waals surface area contributed by atoms with Crippen molar-refractivity contribution in [3.05, 3.63) is 59.0 Å². The fourth-order valence-electron chi connectivity index (χ4n) is 2.47. The van der Waals surface area contributed by atoms with Crippen molar-refractivity contribution in [2.45, 2.75) is 27.7 Å². The Balaban J connectivity index is 1.83. The lowest BCUT2D eigenvalue weighted by Gasteiger charge is -2.12. The Labute approximate surface area is 172 Å². The molecule has 7 heteroatoms. The van der Waals surface area contributed by atoms with E-state index in [9.17, 15) is 9.59 Å². The van der Waals surface area contributed by atoms with Crippen molar-refractivity contribution in [2.24, 2.45) is 0 Å². The van der Waals surface area contributed by atoms with E-state index in [1.165, 1.54) is 42.9 Å². The van der Waals surface area contributed by atoms with Crippen LogP contribution in [0.1, 0.15) is 25.0 Å². The van der Waals surface area contributed by atoms with Gasteiger partial charge in [0.1, 0.15) is 11.5 Å². The van der Waals surface area contributed by atoms with Crippen LogP contribution in [0.2, 0.25) is 0 Å². The van der Waals surface area contributed by atoms with Gasteiger partial charge in [0.2, 0.25) is 5.06 Å². The molecular weight excluding hydrogens is 392 g/mol. The molecule has 0 bridgehead atoms. The van der Waals surface area contributed by atoms with Crippen LogP contribution in [-0.4, -0.2) is 11.9 Å². The monoisotopic (exact) mass is 412 g/mol. The topological polar surface area (TPSA) is 71.1 Å². The first-order valence-corrected chi connectivity index (χ1v) is 9.71. The second-order valence-corrected chi connectivity index (χ2v) is 7.20. The molecule has 0 N–H and O–H groups in total. The molecule has 0 aliphatic rings. The van der Waals surface area contributed by atoms with Crippen LogP contribution in [-0.2, 0) is 9.59 Å². The molecule has 150 valence electrons. The molecule has 0 amide bonds. The number of thiophene rings is 1. The molecular formula is C22H20O6S. The molecule has 0 fully saturated rings. The van der Waals surface area contributed by atoms with Crippen LogP contribution in [0, 0.1) is 13.8 Å². The lowest BCUT2D eigenvalue weighted by atomic mass is 10.1. The molecule has 0 saturated heterocycles. The van der Waals surface area contributed by atoms with Crippen LogP contribution < -0.4 is 18.9 Å². The minimum Gasteiger partial charge on any atom is -0.452 e. The number of esters is 2. The van der Waals surface area contributed by atoms with E-state index >= 15 is 0 Å². The van der Waals surface area contributed by atoms with Crippen molar-refractivity contribution in [2.75, 3.05) is 0 Å². The maximum atomic E-state index is 11.4. The normalized spacial score (nSPS) is 10.3. The maximum absolute atomic E-state index is 11.4. The Morgan fingerprint density at radius 3 is 2.07 bits per heavy atom. The number of rotatable bonds is 6. The van der Waals surface area contributed by atoms with Gasteiger partial charge in [-0.3, -0.25) is 9.59 Å². The number of hydrogen-bond donors (Lipinski definition) is 0. The van der Waals surface area contributed by atoms with Crippen LogP contribution in [0.3, 0.4) is 0 Å². The van der Waals surface area contributed by atoms with Crippen molar-refractivity contribution in [1.29, 1.82) is 0 Å². The zero-order chi connectivity index (χ0) is 21.0. The van der Waals surface area contributed by atoms with Crippen molar-refractivity contribution < 1.29 is 28.5 Å². The molecule has 1 aromatic heterocycles. The summed E-state index contributed by atoms with van der Waals surface area (Å²) in [6.07, 6.45) is 0. The van der Waals surface area contributed by atoms with Gasteiger partial charge in [-0.2, -0.15) is 0 Å². The minimum absolute atomic E-state index is 0.0957. The minimum atomic E-state index is -0.537. The van der Waals surface area contributed by atoms with Crippen molar-refractivity contribution in [3.8, 4) is 33.8 Å². The highest BCUT2D eigenvalue weighted by Gasteiger charge is 2.15. The number of benzene rings is 2. The van der Waals surface area contributed by atoms with Crippen molar-refractivity contribution in [3.63, 3.8) is 0 Å². The third-order valence-electron chi connectivity index (χ3n) is 3.93. The van der Waals surface area contributed by atoms with Crippen LogP contribution >= 0.6 is 11.3 Å². The van der Waals surface area contributed by atoms with Gasteiger partial charge in [-0.15, -0.1) is 11.3 Å². The van der Waals surface area contributed by atoms with E-state index in [2.05, 4.69) is 0 Å². The third kappa shape index (κ3) is 5.36. The van der Waals surface area contributed by atoms with E-state index in [0.717, 1.165) is 5.56 Å². The van der Waals surface area contributed by atoms with Gasteiger partial charge in [0.25, 0.3) is 0 Å². The van der Waals surface area contributed by atoms with Gasteiger partial charge in [0.05, 0.1) is 0 Å². The average Bonchev–Trinajstić information content (AvgIpc) is 3.06. The Morgan fingerprint density at radius 1 is 0.724 bits per heavy atom. The predicted molar refractivity (Wildman–Crippen MR) is 109 cm³/mol. The number of carbonyl (C=O) groups is 2. The molecule has 0 saturated carbocycles. The zero-order valence-electron chi connectivity index (χ0n) is 16.5. The molecule has 0 radical (unpaired) electrons. The number of aryl methyl sites for hydroxylation is 2. The van der Waals surface area contributed by atoms with Crippen LogP contribution in [0.4, 0.5) is 0 Å². The lowest BCUT2D eigenvalue weighted by Crippen LogP contribution is -2.07. The summed E-state index contributed by atoms with van der Waals surface area (Å²) in [5, 5.41) is 2.39. The Bertz CT molecular complexity index is 1050. The van der Waals surface area contributed by atoms with Crippen LogP contribution in [0.25, 0.3) is 0 Å². The summed E-state index contributed by atoms with van der Waals surface area (Å²) in [7, 11) is 0. The highest BCUT2D eigenvalue weighted by atomic mass is 32.1. The summed E-state index contributed by atoms with van der Waals surface area (Å²) < 4.78 is 22.1. The highest BCUT2D eigenvalue weighted by Crippen LogP contribution is 2.41. The van der Waals surface area contributed by atoms with E-state index < -0.39 is 11.9 Å². The van der Waals surface area contributed by atoms with Gasteiger partial charge < -0.3 is 18.9 Å². The van der Waals surface area contributed by atoms with Gasteiger partial charge >= 0.3 is 11.9 Å². The number of hydrogen-bond acceptors (Lipinski definition) is 7. The van der Waals surface area contributed by atoms with E-state index in [4.69, 9.17) is 18.9 Å². The van der Waals surface area contributed by atoms with Gasteiger partial charge in [0.15, 0.2) is 17.2 Å². The average molecular weight is 412 g/mol. The lowest BCUT2D eigenvalue weighted by molar-refractivity contribution is -0.134. The largest absolute Gasteiger partial charge is 0.452 e. The van der Waals surface area contributed by atoms with Gasteiger partial charge in [-0.05, 0) is 60.7 Å². The quantitative estimate of drug-likeness (QED) is 0.376. The summed E-state index contributed by atoms with van der Waals surface area (Å²) in [5.41, 5.74) is 2.32. The van der Waals surface area contributed by atoms with Gasteiger partial charge in [-0.25, -0.2) is 0 Å². The fraction of sp³-hybridized carbons (Fsp3) is 0.182. The molecule has 0 atom stereocenters. The first kappa shape index (κ1) is 20.4. The Kier molecular flexibility index (Phi) is 6.19. The zero-order valence-corrected chi connectivity index (χ0v) is 17.3. The molecule has 6 nitrogen and oxygen atoms in total. The molecule has 1 heterocycles. The first-order valence-electron chi connectivity index (χ1n) is 8.83. The maximum Gasteiger partial charge on any atom is 0.308 e. The predicted octanol–water partition coefficient (Wildman–Crippen LogP) is 5.80. The van der Waals surface area contributed by atoms with Crippen molar-refractivity contribution >= 4 is 23.3 Å². The molecule has 0 spiro atoms. The SMILES string of the molecule is CC(=O)Oc1ccc(Oc2sccc2Oc2ccc(C)c(C)c2)cc1OC(C)=O. The highest BCUT2D eigenvalue weighted by molar-refractivity contribution is 7.12. The summed E-state index contributed by atoms with van der Waals surface area (Å²) in [6.45, 7) is 6.59. The summed E-state index contributed by atoms with van der Waals surface area (Å²) in [4.78, 5) is 22.6. The standard InChI is InChI=1S/C22H20O6S/c1-13-5-6-17(11-14(13)2)27-20-9-10-29-22(20)28-18-7-8-19(25-15(3)23)21(12-18)26-16(4)24/h5-12H,1-4H3. The summed E-state index contributed by atoms with van der Waals surface area (Å²) >= 11 is 1.37. The summed E-state index contributed by atoms with van der Waals surface area (Å²) in [6, 6.07) is 12.3. The smallest absolute Gasteiger partial charge is 0.308 e. The molecule has 29 heavy (non-hydrogen) atoms. The second-order valence-electron chi connectivity index (χ2n) is 6.32. The molecule has 2 aromatic carbocycles. The van der Waals surface area contributed by atoms with Gasteiger partial charge in [-0.1, -0.05) is 6.07 Å². The van der Waals surface area contributed by atoms with Crippen molar-refractivity contribution in [1.82, 2.24) is 0 Å². The molecule has 0 aliphatic heterocycles. The number of ether oxygens (including phenoxy) is 4. The third-order valence-corrected chi connectivity index (χ3v) is 4.71. The second kappa shape index (κ2) is 8.79. The fourth-order valence-corrected chi connectivity index (χ4v) is 3.16. The Hall–Kier alpha value is -3.32. The Morgan fingerprint density at radius 2 is 1.38 bits per heavy atom. The molecule has 0 aliphatic carbocycles. The number of carbonyl (C=O) groups excluding carboxylic acids is 2. The van der Waals surface area contributed by atoms with E-state index in [1.807, 2.05) is 43.5 Å². The molecule has 3 aromatic rings. The van der Waals surface area contributed by atoms with E-state index in [1.54, 1.807) is 6.07 Å². The molecule has 3 rings (SSSR count). The first-order chi connectivity index (χ1) is 13.8. The molecule has 0 unspecified atom stereocenters. The van der Waals surface area contributed by atoms with Gasteiger partial charge in [0, 0.05) is 19.9 Å².